The first-order valence-corrected chi connectivity index (χ1v) is 5.29. The van der Waals surface area contributed by atoms with E-state index in [1.54, 1.807) is 0 Å². The molecule has 0 aliphatic rings. The van der Waals surface area contributed by atoms with E-state index in [1.165, 1.54) is 0 Å². The van der Waals surface area contributed by atoms with E-state index in [4.69, 9.17) is 16.3 Å². The second kappa shape index (κ2) is 5.82. The summed E-state index contributed by atoms with van der Waals surface area (Å²) >= 11 is 5.82. The summed E-state index contributed by atoms with van der Waals surface area (Å²) in [7, 11) is 0. The molecule has 1 nitrogen and oxygen atoms in total. The highest BCUT2D eigenvalue weighted by molar-refractivity contribution is 6.18. The molecule has 0 saturated carbocycles. The Hall–Kier alpha value is 0.250. The Morgan fingerprint density at radius 1 is 1.33 bits per heavy atom. The van der Waals surface area contributed by atoms with Gasteiger partial charge in [0, 0.05) is 12.5 Å². The number of halogens is 1. The maximum atomic E-state index is 5.82. The second-order valence-corrected chi connectivity index (χ2v) is 4.13. The van der Waals surface area contributed by atoms with Gasteiger partial charge in [-0.2, -0.15) is 0 Å². The molecule has 0 radical (unpaired) electrons. The summed E-state index contributed by atoms with van der Waals surface area (Å²) in [4.78, 5) is 0. The van der Waals surface area contributed by atoms with Gasteiger partial charge < -0.3 is 4.74 Å². The number of hydrogen-bond acceptors (Lipinski definition) is 1. The average Bonchev–Trinajstić information content (AvgIpc) is 2.00. The van der Waals surface area contributed by atoms with Gasteiger partial charge in [-0.1, -0.05) is 13.3 Å². The summed E-state index contributed by atoms with van der Waals surface area (Å²) in [6.45, 7) is 9.25. The van der Waals surface area contributed by atoms with Gasteiger partial charge in [-0.15, -0.1) is 11.6 Å². The summed E-state index contributed by atoms with van der Waals surface area (Å²) in [5, 5.41) is 0. The molecular weight excluding hydrogens is 172 g/mol. The fourth-order valence-corrected chi connectivity index (χ4v) is 1.78. The molecule has 12 heavy (non-hydrogen) atoms. The number of alkyl halides is 1. The molecule has 74 valence electrons. The molecular formula is C10H21ClO. The van der Waals surface area contributed by atoms with Gasteiger partial charge in [-0.25, -0.2) is 0 Å². The molecule has 2 heteroatoms. The molecule has 0 amide bonds. The Labute approximate surface area is 81.4 Å². The molecule has 0 aromatic carbocycles. The molecule has 0 aromatic heterocycles. The third-order valence-corrected chi connectivity index (χ3v) is 2.55. The van der Waals surface area contributed by atoms with Crippen molar-refractivity contribution in [2.75, 3.05) is 12.5 Å². The van der Waals surface area contributed by atoms with Gasteiger partial charge in [-0.05, 0) is 33.1 Å². The monoisotopic (exact) mass is 192 g/mol. The lowest BCUT2D eigenvalue weighted by Gasteiger charge is -2.28. The predicted octanol–water partition coefficient (Wildman–Crippen LogP) is 3.46. The smallest absolute Gasteiger partial charge is 0.0629 e. The van der Waals surface area contributed by atoms with E-state index in [0.29, 0.717) is 5.92 Å². The van der Waals surface area contributed by atoms with E-state index < -0.39 is 0 Å². The lowest BCUT2D eigenvalue weighted by atomic mass is 9.93. The Bertz CT molecular complexity index is 108. The predicted molar refractivity (Wildman–Crippen MR) is 54.8 cm³/mol. The van der Waals surface area contributed by atoms with E-state index in [9.17, 15) is 0 Å². The summed E-state index contributed by atoms with van der Waals surface area (Å²) < 4.78 is 5.60. The van der Waals surface area contributed by atoms with Crippen LogP contribution in [0, 0.1) is 5.92 Å². The minimum absolute atomic E-state index is 0.00961. The van der Waals surface area contributed by atoms with Crippen LogP contribution in [-0.4, -0.2) is 18.1 Å². The van der Waals surface area contributed by atoms with Gasteiger partial charge in [0.15, 0.2) is 0 Å². The molecule has 0 bridgehead atoms. The standard InChI is InChI=1S/C10H21ClO/c1-5-9(8-11)7-10(3,4)12-6-2/h9H,5-8H2,1-4H3. The fourth-order valence-electron chi connectivity index (χ4n) is 1.45. The highest BCUT2D eigenvalue weighted by Gasteiger charge is 2.21. The molecule has 0 aromatic rings. The average molecular weight is 193 g/mol. The van der Waals surface area contributed by atoms with Gasteiger partial charge in [-0.3, -0.25) is 0 Å². The van der Waals surface area contributed by atoms with Crippen LogP contribution in [-0.2, 0) is 4.74 Å². The van der Waals surface area contributed by atoms with Crippen molar-refractivity contribution in [3.05, 3.63) is 0 Å². The molecule has 1 unspecified atom stereocenters. The zero-order chi connectivity index (χ0) is 9.61. The van der Waals surface area contributed by atoms with Gasteiger partial charge in [0.25, 0.3) is 0 Å². The van der Waals surface area contributed by atoms with Crippen LogP contribution in [0.25, 0.3) is 0 Å². The number of hydrogen-bond donors (Lipinski definition) is 0. The Kier molecular flexibility index (Phi) is 5.94. The van der Waals surface area contributed by atoms with Crippen molar-refractivity contribution < 1.29 is 4.74 Å². The number of ether oxygens (including phenoxy) is 1. The highest BCUT2D eigenvalue weighted by Crippen LogP contribution is 2.23. The van der Waals surface area contributed by atoms with Gasteiger partial charge >= 0.3 is 0 Å². The Balaban J connectivity index is 3.84. The zero-order valence-electron chi connectivity index (χ0n) is 8.69. The Morgan fingerprint density at radius 3 is 2.25 bits per heavy atom. The third-order valence-electron chi connectivity index (χ3n) is 2.11. The molecule has 0 saturated heterocycles. The minimum Gasteiger partial charge on any atom is -0.376 e. The molecule has 0 N–H and O–H groups in total. The molecule has 0 aliphatic carbocycles. The van der Waals surface area contributed by atoms with E-state index >= 15 is 0 Å². The van der Waals surface area contributed by atoms with Crippen molar-refractivity contribution in [3.8, 4) is 0 Å². The number of rotatable bonds is 6. The largest absolute Gasteiger partial charge is 0.376 e. The van der Waals surface area contributed by atoms with Gasteiger partial charge in [0.05, 0.1) is 5.60 Å². The van der Waals surface area contributed by atoms with Crippen molar-refractivity contribution in [1.29, 1.82) is 0 Å². The molecule has 0 aliphatic heterocycles. The second-order valence-electron chi connectivity index (χ2n) is 3.83. The summed E-state index contributed by atoms with van der Waals surface area (Å²) in [5.41, 5.74) is -0.00961. The summed E-state index contributed by atoms with van der Waals surface area (Å²) in [6, 6.07) is 0. The van der Waals surface area contributed by atoms with E-state index in [1.807, 2.05) is 6.92 Å². The van der Waals surface area contributed by atoms with E-state index in [0.717, 1.165) is 25.3 Å². The van der Waals surface area contributed by atoms with E-state index in [-0.39, 0.29) is 5.60 Å². The fraction of sp³-hybridized carbons (Fsp3) is 1.00. The van der Waals surface area contributed by atoms with Crippen LogP contribution in [0.4, 0.5) is 0 Å². The van der Waals surface area contributed by atoms with Crippen LogP contribution in [0.15, 0.2) is 0 Å². The molecule has 0 fully saturated rings. The zero-order valence-corrected chi connectivity index (χ0v) is 9.45. The van der Waals surface area contributed by atoms with Crippen molar-refractivity contribution in [2.24, 2.45) is 5.92 Å². The van der Waals surface area contributed by atoms with Crippen LogP contribution in [0.2, 0.25) is 0 Å². The van der Waals surface area contributed by atoms with Crippen molar-refractivity contribution in [2.45, 2.75) is 46.1 Å². The molecule has 0 heterocycles. The van der Waals surface area contributed by atoms with Crippen LogP contribution >= 0.6 is 11.6 Å². The summed E-state index contributed by atoms with van der Waals surface area (Å²) in [6.07, 6.45) is 2.20. The lowest BCUT2D eigenvalue weighted by molar-refractivity contribution is -0.0258. The first-order valence-electron chi connectivity index (χ1n) is 4.75. The van der Waals surface area contributed by atoms with Crippen molar-refractivity contribution in [3.63, 3.8) is 0 Å². The third kappa shape index (κ3) is 5.00. The van der Waals surface area contributed by atoms with Crippen molar-refractivity contribution in [1.82, 2.24) is 0 Å². The first-order chi connectivity index (χ1) is 5.55. The SMILES string of the molecule is CCOC(C)(C)CC(CC)CCl. The van der Waals surface area contributed by atoms with Gasteiger partial charge in [0.1, 0.15) is 0 Å². The van der Waals surface area contributed by atoms with Crippen LogP contribution in [0.5, 0.6) is 0 Å². The van der Waals surface area contributed by atoms with Gasteiger partial charge in [0.2, 0.25) is 0 Å². The molecule has 1 atom stereocenters. The quantitative estimate of drug-likeness (QED) is 0.586. The maximum Gasteiger partial charge on any atom is 0.0629 e. The van der Waals surface area contributed by atoms with Crippen LogP contribution < -0.4 is 0 Å². The normalized spacial score (nSPS) is 14.8. The summed E-state index contributed by atoms with van der Waals surface area (Å²) in [5.74, 6) is 1.33. The Morgan fingerprint density at radius 2 is 1.92 bits per heavy atom. The molecule has 0 spiro atoms. The van der Waals surface area contributed by atoms with Crippen LogP contribution in [0.1, 0.15) is 40.5 Å². The minimum atomic E-state index is -0.00961. The van der Waals surface area contributed by atoms with Crippen LogP contribution in [0.3, 0.4) is 0 Å². The van der Waals surface area contributed by atoms with E-state index in [2.05, 4.69) is 20.8 Å². The lowest BCUT2D eigenvalue weighted by Crippen LogP contribution is -2.28. The molecule has 0 rings (SSSR count). The highest BCUT2D eigenvalue weighted by atomic mass is 35.5. The first kappa shape index (κ1) is 12.2. The van der Waals surface area contributed by atoms with Crippen molar-refractivity contribution >= 4 is 11.6 Å². The topological polar surface area (TPSA) is 9.23 Å². The maximum absolute atomic E-state index is 5.82.